The average molecular weight is 297 g/mol. The fraction of sp³-hybridized carbons (Fsp3) is 0.706. The number of alkyl halides is 1. The van der Waals surface area contributed by atoms with Crippen LogP contribution in [0.25, 0.3) is 0 Å². The van der Waals surface area contributed by atoms with Crippen LogP contribution in [0.5, 0.6) is 0 Å². The molecule has 1 unspecified atom stereocenters. The van der Waals surface area contributed by atoms with Crippen LogP contribution in [0.1, 0.15) is 59.2 Å². The van der Waals surface area contributed by atoms with Crippen molar-refractivity contribution in [3.05, 3.63) is 23.4 Å². The average Bonchev–Trinajstić information content (AvgIpc) is 2.42. The molecule has 0 aliphatic heterocycles. The Hall–Kier alpha value is -0.760. The first-order valence-corrected chi connectivity index (χ1v) is 8.17. The number of nitrogens with zero attached hydrogens (tertiary/aromatic N) is 2. The molecular formula is C17H29ClN2. The molecule has 3 heteroatoms. The molecule has 0 aliphatic rings. The number of aromatic nitrogens is 1. The van der Waals surface area contributed by atoms with Gasteiger partial charge in [-0.1, -0.05) is 41.0 Å². The van der Waals surface area contributed by atoms with Crippen LogP contribution in [0.2, 0.25) is 0 Å². The Morgan fingerprint density at radius 1 is 1.25 bits per heavy atom. The van der Waals surface area contributed by atoms with Crippen LogP contribution in [0, 0.1) is 5.92 Å². The van der Waals surface area contributed by atoms with Crippen molar-refractivity contribution in [3.63, 3.8) is 0 Å². The Kier molecular flexibility index (Phi) is 6.32. The fourth-order valence-corrected chi connectivity index (χ4v) is 2.24. The number of hydrogen-bond acceptors (Lipinski definition) is 2. The summed E-state index contributed by atoms with van der Waals surface area (Å²) in [6, 6.07) is 4.27. The van der Waals surface area contributed by atoms with Gasteiger partial charge in [0.15, 0.2) is 0 Å². The molecule has 20 heavy (non-hydrogen) atoms. The van der Waals surface area contributed by atoms with Crippen molar-refractivity contribution >= 4 is 17.4 Å². The highest BCUT2D eigenvalue weighted by molar-refractivity contribution is 6.17. The Labute approximate surface area is 129 Å². The molecule has 114 valence electrons. The van der Waals surface area contributed by atoms with Gasteiger partial charge in [-0.05, 0) is 30.5 Å². The van der Waals surface area contributed by atoms with Gasteiger partial charge in [0.1, 0.15) is 5.82 Å². The molecule has 1 aromatic rings. The first kappa shape index (κ1) is 17.3. The van der Waals surface area contributed by atoms with Crippen molar-refractivity contribution < 1.29 is 0 Å². The van der Waals surface area contributed by atoms with Gasteiger partial charge in [-0.15, -0.1) is 11.6 Å². The zero-order valence-electron chi connectivity index (χ0n) is 13.8. The minimum atomic E-state index is 0.0482. The predicted octanol–water partition coefficient (Wildman–Crippen LogP) is 4.99. The third kappa shape index (κ3) is 4.66. The molecular weight excluding hydrogens is 268 g/mol. The van der Waals surface area contributed by atoms with Crippen LogP contribution >= 0.6 is 11.6 Å². The summed E-state index contributed by atoms with van der Waals surface area (Å²) in [5, 5.41) is 0. The van der Waals surface area contributed by atoms with E-state index < -0.39 is 0 Å². The SMILES string of the molecule is CCC(C)CN(CC)c1cc(CCl)cc(C(C)(C)C)n1. The summed E-state index contributed by atoms with van der Waals surface area (Å²) in [5.74, 6) is 2.28. The van der Waals surface area contributed by atoms with Crippen molar-refractivity contribution in [1.82, 2.24) is 4.98 Å². The Bertz CT molecular complexity index is 423. The van der Waals surface area contributed by atoms with Gasteiger partial charge in [0.05, 0.1) is 0 Å². The number of hydrogen-bond donors (Lipinski definition) is 0. The van der Waals surface area contributed by atoms with Gasteiger partial charge in [-0.25, -0.2) is 4.98 Å². The summed E-state index contributed by atoms with van der Waals surface area (Å²) >= 11 is 6.06. The van der Waals surface area contributed by atoms with E-state index in [1.165, 1.54) is 6.42 Å². The monoisotopic (exact) mass is 296 g/mol. The highest BCUT2D eigenvalue weighted by atomic mass is 35.5. The maximum absolute atomic E-state index is 6.06. The molecule has 0 aromatic carbocycles. The molecule has 1 atom stereocenters. The molecule has 1 aromatic heterocycles. The maximum atomic E-state index is 6.06. The molecule has 0 aliphatic carbocycles. The second kappa shape index (κ2) is 7.31. The van der Waals surface area contributed by atoms with Crippen LogP contribution in [-0.4, -0.2) is 18.1 Å². The standard InChI is InChI=1S/C17H29ClN2/c1-7-13(3)12-20(8-2)16-10-14(11-18)9-15(19-16)17(4,5)6/h9-10,13H,7-8,11-12H2,1-6H3. The lowest BCUT2D eigenvalue weighted by Gasteiger charge is -2.28. The van der Waals surface area contributed by atoms with Gasteiger partial charge in [-0.2, -0.15) is 0 Å². The van der Waals surface area contributed by atoms with Crippen molar-refractivity contribution in [2.75, 3.05) is 18.0 Å². The molecule has 0 saturated carbocycles. The van der Waals surface area contributed by atoms with E-state index >= 15 is 0 Å². The van der Waals surface area contributed by atoms with Crippen LogP contribution in [0.15, 0.2) is 12.1 Å². The van der Waals surface area contributed by atoms with E-state index in [1.54, 1.807) is 0 Å². The fourth-order valence-electron chi connectivity index (χ4n) is 2.08. The zero-order valence-corrected chi connectivity index (χ0v) is 14.6. The molecule has 0 amide bonds. The van der Waals surface area contributed by atoms with Crippen LogP contribution in [-0.2, 0) is 11.3 Å². The number of halogens is 1. The lowest BCUT2D eigenvalue weighted by Crippen LogP contribution is -2.30. The summed E-state index contributed by atoms with van der Waals surface area (Å²) in [5.41, 5.74) is 2.32. The Morgan fingerprint density at radius 3 is 2.35 bits per heavy atom. The summed E-state index contributed by atoms with van der Waals surface area (Å²) in [6.45, 7) is 15.3. The smallest absolute Gasteiger partial charge is 0.129 e. The second-order valence-electron chi connectivity index (χ2n) is 6.65. The van der Waals surface area contributed by atoms with E-state index in [-0.39, 0.29) is 5.41 Å². The third-order valence-electron chi connectivity index (χ3n) is 3.73. The van der Waals surface area contributed by atoms with Crippen molar-refractivity contribution in [3.8, 4) is 0 Å². The lowest BCUT2D eigenvalue weighted by molar-refractivity contribution is 0.539. The number of rotatable bonds is 6. The van der Waals surface area contributed by atoms with Gasteiger partial charge < -0.3 is 4.90 Å². The Balaban J connectivity index is 3.14. The lowest BCUT2D eigenvalue weighted by atomic mass is 9.91. The highest BCUT2D eigenvalue weighted by Crippen LogP contribution is 2.26. The normalized spacial score (nSPS) is 13.3. The van der Waals surface area contributed by atoms with Gasteiger partial charge in [0.2, 0.25) is 0 Å². The van der Waals surface area contributed by atoms with Crippen LogP contribution in [0.4, 0.5) is 5.82 Å². The predicted molar refractivity (Wildman–Crippen MR) is 89.8 cm³/mol. The van der Waals surface area contributed by atoms with Gasteiger partial charge in [0.25, 0.3) is 0 Å². The van der Waals surface area contributed by atoms with Gasteiger partial charge in [-0.3, -0.25) is 0 Å². The molecule has 1 heterocycles. The van der Waals surface area contributed by atoms with E-state index in [2.05, 4.69) is 58.6 Å². The maximum Gasteiger partial charge on any atom is 0.129 e. The van der Waals surface area contributed by atoms with Crippen molar-refractivity contribution in [2.24, 2.45) is 5.92 Å². The van der Waals surface area contributed by atoms with Gasteiger partial charge in [0, 0.05) is 30.1 Å². The molecule has 1 rings (SSSR count). The van der Waals surface area contributed by atoms with Crippen molar-refractivity contribution in [1.29, 1.82) is 0 Å². The third-order valence-corrected chi connectivity index (χ3v) is 4.04. The quantitative estimate of drug-likeness (QED) is 0.688. The first-order chi connectivity index (χ1) is 9.31. The largest absolute Gasteiger partial charge is 0.357 e. The van der Waals surface area contributed by atoms with E-state index in [4.69, 9.17) is 16.6 Å². The summed E-state index contributed by atoms with van der Waals surface area (Å²) in [7, 11) is 0. The highest BCUT2D eigenvalue weighted by Gasteiger charge is 2.19. The summed E-state index contributed by atoms with van der Waals surface area (Å²) in [4.78, 5) is 7.24. The minimum absolute atomic E-state index is 0.0482. The van der Waals surface area contributed by atoms with E-state index in [0.29, 0.717) is 11.8 Å². The second-order valence-corrected chi connectivity index (χ2v) is 6.92. The first-order valence-electron chi connectivity index (χ1n) is 7.64. The molecule has 2 nitrogen and oxygen atoms in total. The Morgan fingerprint density at radius 2 is 1.90 bits per heavy atom. The molecule has 0 saturated heterocycles. The topological polar surface area (TPSA) is 16.1 Å². The van der Waals surface area contributed by atoms with Crippen LogP contribution < -0.4 is 4.90 Å². The minimum Gasteiger partial charge on any atom is -0.357 e. The molecule has 0 fully saturated rings. The number of anilines is 1. The summed E-state index contributed by atoms with van der Waals surface area (Å²) < 4.78 is 0. The zero-order chi connectivity index (χ0) is 15.3. The molecule has 0 N–H and O–H groups in total. The number of pyridine rings is 1. The van der Waals surface area contributed by atoms with Crippen molar-refractivity contribution in [2.45, 2.75) is 59.3 Å². The van der Waals surface area contributed by atoms with E-state index in [0.717, 1.165) is 30.2 Å². The van der Waals surface area contributed by atoms with Crippen LogP contribution in [0.3, 0.4) is 0 Å². The molecule has 0 bridgehead atoms. The molecule has 0 radical (unpaired) electrons. The summed E-state index contributed by atoms with van der Waals surface area (Å²) in [6.07, 6.45) is 1.19. The van der Waals surface area contributed by atoms with E-state index in [9.17, 15) is 0 Å². The van der Waals surface area contributed by atoms with E-state index in [1.807, 2.05) is 0 Å². The van der Waals surface area contributed by atoms with Gasteiger partial charge >= 0.3 is 0 Å². The molecule has 0 spiro atoms.